The first-order valence-electron chi connectivity index (χ1n) is 11.6. The van der Waals surface area contributed by atoms with Crippen molar-refractivity contribution in [1.29, 1.82) is 0 Å². The van der Waals surface area contributed by atoms with Crippen LogP contribution in [0.2, 0.25) is 5.15 Å². The van der Waals surface area contributed by atoms with Crippen molar-refractivity contribution < 1.29 is 9.47 Å². The highest BCUT2D eigenvalue weighted by molar-refractivity contribution is 6.33. The largest absolute Gasteiger partial charge is 0.379 e. The van der Waals surface area contributed by atoms with Gasteiger partial charge in [-0.25, -0.2) is 9.97 Å². The molecule has 0 aromatic carbocycles. The zero-order chi connectivity index (χ0) is 21.7. The number of hydrogen-bond donors (Lipinski definition) is 0. The zero-order valence-corrected chi connectivity index (χ0v) is 19.9. The molecule has 0 atom stereocenters. The number of rotatable bonds is 16. The fraction of sp³-hybridized carbons (Fsp3) is 0.750. The summed E-state index contributed by atoms with van der Waals surface area (Å²) in [7, 11) is 0. The number of halogens is 1. The standard InChI is InChI=1S/C24H40ClN3O2/c1-24(2,3)14-11-9-7-5-4-6-8-10-12-16-29-17-18-30-20-28-15-13-21-22(25)26-19-27-23(21)28/h13,15,19H,4-12,14,16-18,20H2,1-3H3. The van der Waals surface area contributed by atoms with Crippen molar-refractivity contribution in [2.45, 2.75) is 91.7 Å². The molecule has 30 heavy (non-hydrogen) atoms. The first kappa shape index (κ1) is 25.1. The van der Waals surface area contributed by atoms with E-state index in [2.05, 4.69) is 30.7 Å². The smallest absolute Gasteiger partial charge is 0.146 e. The van der Waals surface area contributed by atoms with Crippen LogP contribution in [0.3, 0.4) is 0 Å². The zero-order valence-electron chi connectivity index (χ0n) is 19.2. The number of nitrogens with zero attached hydrogens (tertiary/aromatic N) is 3. The number of aromatic nitrogens is 3. The van der Waals surface area contributed by atoms with E-state index in [4.69, 9.17) is 21.1 Å². The molecule has 2 aromatic rings. The normalized spacial score (nSPS) is 12.1. The van der Waals surface area contributed by atoms with Gasteiger partial charge in [0.2, 0.25) is 0 Å². The second kappa shape index (κ2) is 14.0. The van der Waals surface area contributed by atoms with Crippen LogP contribution >= 0.6 is 11.6 Å². The Morgan fingerprint density at radius 1 is 0.833 bits per heavy atom. The molecule has 6 heteroatoms. The molecular weight excluding hydrogens is 398 g/mol. The van der Waals surface area contributed by atoms with Gasteiger partial charge in [-0.2, -0.15) is 0 Å². The van der Waals surface area contributed by atoms with E-state index in [1.54, 1.807) is 0 Å². The van der Waals surface area contributed by atoms with Crippen LogP contribution in [0.5, 0.6) is 0 Å². The molecule has 0 spiro atoms. The van der Waals surface area contributed by atoms with Gasteiger partial charge < -0.3 is 14.0 Å². The van der Waals surface area contributed by atoms with Crippen LogP contribution in [-0.2, 0) is 16.2 Å². The third-order valence-corrected chi connectivity index (χ3v) is 5.63. The van der Waals surface area contributed by atoms with Crippen LogP contribution in [-0.4, -0.2) is 34.4 Å². The van der Waals surface area contributed by atoms with Crippen LogP contribution < -0.4 is 0 Å². The summed E-state index contributed by atoms with van der Waals surface area (Å²) in [5.74, 6) is 0. The van der Waals surface area contributed by atoms with Crippen LogP contribution in [0.25, 0.3) is 11.0 Å². The van der Waals surface area contributed by atoms with E-state index < -0.39 is 0 Å². The van der Waals surface area contributed by atoms with Crippen LogP contribution in [0.1, 0.15) is 85.0 Å². The van der Waals surface area contributed by atoms with Gasteiger partial charge in [0.05, 0.1) is 18.6 Å². The third kappa shape index (κ3) is 10.2. The van der Waals surface area contributed by atoms with E-state index in [1.807, 2.05) is 16.8 Å². The molecule has 0 aliphatic carbocycles. The van der Waals surface area contributed by atoms with Gasteiger partial charge >= 0.3 is 0 Å². The highest BCUT2D eigenvalue weighted by atomic mass is 35.5. The second-order valence-corrected chi connectivity index (χ2v) is 9.69. The average molecular weight is 438 g/mol. The number of unbranched alkanes of at least 4 members (excludes halogenated alkanes) is 8. The number of hydrogen-bond acceptors (Lipinski definition) is 4. The minimum absolute atomic E-state index is 0.441. The van der Waals surface area contributed by atoms with Crippen molar-refractivity contribution in [3.05, 3.63) is 23.7 Å². The lowest BCUT2D eigenvalue weighted by molar-refractivity contribution is 0.0192. The Balaban J connectivity index is 1.35. The molecule has 0 unspecified atom stereocenters. The molecule has 170 valence electrons. The summed E-state index contributed by atoms with van der Waals surface area (Å²) in [6.07, 6.45) is 16.8. The molecule has 0 aliphatic rings. The number of fused-ring (bicyclic) bond motifs is 1. The Labute approximate surface area is 187 Å². The maximum atomic E-state index is 6.06. The van der Waals surface area contributed by atoms with Gasteiger partial charge in [-0.15, -0.1) is 0 Å². The van der Waals surface area contributed by atoms with E-state index in [-0.39, 0.29) is 0 Å². The molecule has 0 aliphatic heterocycles. The van der Waals surface area contributed by atoms with Crippen molar-refractivity contribution in [3.63, 3.8) is 0 Å². The molecule has 2 aromatic heterocycles. The lowest BCUT2D eigenvalue weighted by Crippen LogP contribution is -2.08. The Bertz CT molecular complexity index is 712. The van der Waals surface area contributed by atoms with E-state index >= 15 is 0 Å². The summed E-state index contributed by atoms with van der Waals surface area (Å²) in [4.78, 5) is 8.24. The lowest BCUT2D eigenvalue weighted by atomic mass is 9.89. The van der Waals surface area contributed by atoms with Gasteiger partial charge in [0.1, 0.15) is 23.9 Å². The van der Waals surface area contributed by atoms with Gasteiger partial charge in [-0.3, -0.25) is 0 Å². The summed E-state index contributed by atoms with van der Waals surface area (Å²) in [5, 5.41) is 1.32. The van der Waals surface area contributed by atoms with Crippen LogP contribution in [0, 0.1) is 5.41 Å². The van der Waals surface area contributed by atoms with Crippen molar-refractivity contribution in [3.8, 4) is 0 Å². The summed E-state index contributed by atoms with van der Waals surface area (Å²) in [6, 6.07) is 1.91. The SMILES string of the molecule is CC(C)(C)CCCCCCCCCCCOCCOCn1ccc2c(Cl)ncnc21. The Morgan fingerprint density at radius 3 is 2.17 bits per heavy atom. The molecule has 0 radical (unpaired) electrons. The molecule has 0 bridgehead atoms. The fourth-order valence-electron chi connectivity index (χ4n) is 3.56. The summed E-state index contributed by atoms with van der Waals surface area (Å²) in [5.41, 5.74) is 1.29. The van der Waals surface area contributed by atoms with Gasteiger partial charge in [-0.1, -0.05) is 83.7 Å². The van der Waals surface area contributed by atoms with Crippen molar-refractivity contribution in [1.82, 2.24) is 14.5 Å². The third-order valence-electron chi connectivity index (χ3n) is 5.33. The Hall–Kier alpha value is -1.17. The Morgan fingerprint density at radius 2 is 1.47 bits per heavy atom. The minimum atomic E-state index is 0.441. The topological polar surface area (TPSA) is 49.2 Å². The summed E-state index contributed by atoms with van der Waals surface area (Å²) >= 11 is 6.06. The van der Waals surface area contributed by atoms with Crippen molar-refractivity contribution in [2.75, 3.05) is 19.8 Å². The molecule has 2 heterocycles. The first-order valence-corrected chi connectivity index (χ1v) is 12.0. The predicted molar refractivity (Wildman–Crippen MR) is 125 cm³/mol. The molecule has 0 amide bonds. The molecule has 0 saturated carbocycles. The van der Waals surface area contributed by atoms with Gasteiger partial charge in [-0.05, 0) is 24.3 Å². The molecule has 5 nitrogen and oxygen atoms in total. The molecule has 0 N–H and O–H groups in total. The van der Waals surface area contributed by atoms with E-state index in [1.165, 1.54) is 64.1 Å². The molecular formula is C24H40ClN3O2. The van der Waals surface area contributed by atoms with E-state index in [0.29, 0.717) is 30.5 Å². The van der Waals surface area contributed by atoms with Gasteiger partial charge in [0.15, 0.2) is 0 Å². The fourth-order valence-corrected chi connectivity index (χ4v) is 3.75. The maximum absolute atomic E-state index is 6.06. The summed E-state index contributed by atoms with van der Waals surface area (Å²) < 4.78 is 13.3. The molecule has 0 saturated heterocycles. The Kier molecular flexibility index (Phi) is 11.7. The average Bonchev–Trinajstić information content (AvgIpc) is 3.11. The molecule has 0 fully saturated rings. The highest BCUT2D eigenvalue weighted by Crippen LogP contribution is 2.23. The summed E-state index contributed by atoms with van der Waals surface area (Å²) in [6.45, 7) is 9.48. The predicted octanol–water partition coefficient (Wildman–Crippen LogP) is 7.02. The molecule has 2 rings (SSSR count). The van der Waals surface area contributed by atoms with Crippen LogP contribution in [0.4, 0.5) is 0 Å². The number of ether oxygens (including phenoxy) is 2. The van der Waals surface area contributed by atoms with E-state index in [9.17, 15) is 0 Å². The minimum Gasteiger partial charge on any atom is -0.379 e. The van der Waals surface area contributed by atoms with Crippen molar-refractivity contribution >= 4 is 22.6 Å². The maximum Gasteiger partial charge on any atom is 0.146 e. The first-order chi connectivity index (χ1) is 14.5. The highest BCUT2D eigenvalue weighted by Gasteiger charge is 2.08. The van der Waals surface area contributed by atoms with E-state index in [0.717, 1.165) is 24.1 Å². The van der Waals surface area contributed by atoms with Gasteiger partial charge in [0, 0.05) is 12.8 Å². The quantitative estimate of drug-likeness (QED) is 0.209. The van der Waals surface area contributed by atoms with Gasteiger partial charge in [0.25, 0.3) is 0 Å². The lowest BCUT2D eigenvalue weighted by Gasteiger charge is -2.17. The van der Waals surface area contributed by atoms with Crippen molar-refractivity contribution in [2.24, 2.45) is 5.41 Å². The second-order valence-electron chi connectivity index (χ2n) is 9.33. The monoisotopic (exact) mass is 437 g/mol. The van der Waals surface area contributed by atoms with Crippen LogP contribution in [0.15, 0.2) is 18.6 Å².